The van der Waals surface area contributed by atoms with E-state index in [0.717, 1.165) is 0 Å². The van der Waals surface area contributed by atoms with Gasteiger partial charge in [-0.15, -0.1) is 0 Å². The van der Waals surface area contributed by atoms with E-state index in [9.17, 15) is 9.18 Å². The molecule has 106 valence electrons. The van der Waals surface area contributed by atoms with Gasteiger partial charge in [0.05, 0.1) is 6.54 Å². The van der Waals surface area contributed by atoms with Crippen molar-refractivity contribution in [3.05, 3.63) is 65.0 Å². The average Bonchev–Trinajstić information content (AvgIpc) is 2.50. The van der Waals surface area contributed by atoms with Crippen LogP contribution in [-0.2, 0) is 0 Å². The monoisotopic (exact) mass is 282 g/mol. The van der Waals surface area contributed by atoms with E-state index in [1.807, 2.05) is 0 Å². The molecule has 0 unspecified atom stereocenters. The van der Waals surface area contributed by atoms with E-state index in [1.54, 1.807) is 43.3 Å². The zero-order chi connectivity index (χ0) is 15.2. The van der Waals surface area contributed by atoms with Gasteiger partial charge in [-0.2, -0.15) is 0 Å². The van der Waals surface area contributed by atoms with Gasteiger partial charge in [-0.1, -0.05) is 24.0 Å². The fourth-order valence-electron chi connectivity index (χ4n) is 1.83. The van der Waals surface area contributed by atoms with Gasteiger partial charge in [0.2, 0.25) is 0 Å². The van der Waals surface area contributed by atoms with Crippen molar-refractivity contribution < 1.29 is 9.18 Å². The smallest absolute Gasteiger partial charge is 0.255 e. The Morgan fingerprint density at radius 1 is 1.29 bits per heavy atom. The molecule has 0 fully saturated rings. The number of anilines is 1. The molecule has 3 N–H and O–H groups in total. The number of amides is 1. The molecule has 0 aliphatic heterocycles. The van der Waals surface area contributed by atoms with Gasteiger partial charge >= 0.3 is 0 Å². The van der Waals surface area contributed by atoms with Crippen LogP contribution in [0.25, 0.3) is 0 Å². The summed E-state index contributed by atoms with van der Waals surface area (Å²) in [5.74, 6) is 4.95. The fraction of sp³-hybridized carbons (Fsp3) is 0.118. The Labute approximate surface area is 123 Å². The van der Waals surface area contributed by atoms with Gasteiger partial charge in [0.1, 0.15) is 5.82 Å². The van der Waals surface area contributed by atoms with E-state index in [0.29, 0.717) is 22.4 Å². The molecule has 0 aliphatic rings. The van der Waals surface area contributed by atoms with Crippen LogP contribution in [-0.4, -0.2) is 12.5 Å². The lowest BCUT2D eigenvalue weighted by Crippen LogP contribution is -2.13. The molecule has 1 amide bonds. The Hall–Kier alpha value is -2.64. The van der Waals surface area contributed by atoms with Crippen molar-refractivity contribution in [2.24, 2.45) is 5.73 Å². The van der Waals surface area contributed by atoms with E-state index in [1.165, 1.54) is 6.07 Å². The van der Waals surface area contributed by atoms with Crippen LogP contribution in [0.3, 0.4) is 0 Å². The highest BCUT2D eigenvalue weighted by Crippen LogP contribution is 2.18. The first kappa shape index (κ1) is 14.8. The molecule has 2 aromatic rings. The first-order valence-electron chi connectivity index (χ1n) is 6.47. The molecule has 4 heteroatoms. The molecule has 2 aromatic carbocycles. The second kappa shape index (κ2) is 6.69. The zero-order valence-corrected chi connectivity index (χ0v) is 11.6. The molecule has 0 saturated heterocycles. The van der Waals surface area contributed by atoms with Crippen molar-refractivity contribution in [1.29, 1.82) is 0 Å². The highest BCUT2D eigenvalue weighted by molar-refractivity contribution is 6.04. The number of rotatable bonds is 2. The standard InChI is InChI=1S/C17H15FN2O/c1-12-15(18)8-3-9-16(12)20-17(21)14-7-2-5-13(11-14)6-4-10-19/h2-3,5,7-9,11H,10,19H2,1H3,(H,20,21). The highest BCUT2D eigenvalue weighted by Gasteiger charge is 2.09. The first-order valence-corrected chi connectivity index (χ1v) is 6.47. The second-order valence-electron chi connectivity index (χ2n) is 4.45. The molecule has 0 radical (unpaired) electrons. The third-order valence-corrected chi connectivity index (χ3v) is 2.98. The highest BCUT2D eigenvalue weighted by atomic mass is 19.1. The number of nitrogens with one attached hydrogen (secondary N) is 1. The van der Waals surface area contributed by atoms with Gasteiger partial charge in [0.15, 0.2) is 0 Å². The van der Waals surface area contributed by atoms with E-state index in [4.69, 9.17) is 5.73 Å². The number of carbonyl (C=O) groups excluding carboxylic acids is 1. The third kappa shape index (κ3) is 3.68. The molecule has 2 rings (SSSR count). The van der Waals surface area contributed by atoms with E-state index in [-0.39, 0.29) is 18.3 Å². The summed E-state index contributed by atoms with van der Waals surface area (Å²) in [7, 11) is 0. The second-order valence-corrected chi connectivity index (χ2v) is 4.45. The van der Waals surface area contributed by atoms with Gasteiger partial charge in [-0.3, -0.25) is 4.79 Å². The van der Waals surface area contributed by atoms with Crippen molar-refractivity contribution in [2.45, 2.75) is 6.92 Å². The van der Waals surface area contributed by atoms with Crippen LogP contribution < -0.4 is 11.1 Å². The van der Waals surface area contributed by atoms with Crippen molar-refractivity contribution in [1.82, 2.24) is 0 Å². The fourth-order valence-corrected chi connectivity index (χ4v) is 1.83. The summed E-state index contributed by atoms with van der Waals surface area (Å²) < 4.78 is 13.5. The van der Waals surface area contributed by atoms with Crippen LogP contribution >= 0.6 is 0 Å². The molecule has 0 aromatic heterocycles. The zero-order valence-electron chi connectivity index (χ0n) is 11.6. The maximum absolute atomic E-state index is 13.5. The minimum Gasteiger partial charge on any atom is -0.322 e. The molecule has 3 nitrogen and oxygen atoms in total. The summed E-state index contributed by atoms with van der Waals surface area (Å²) in [6.07, 6.45) is 0. The number of hydrogen-bond donors (Lipinski definition) is 2. The van der Waals surface area contributed by atoms with Gasteiger partial charge in [0, 0.05) is 22.4 Å². The summed E-state index contributed by atoms with van der Waals surface area (Å²) in [6.45, 7) is 1.88. The van der Waals surface area contributed by atoms with E-state index >= 15 is 0 Å². The quantitative estimate of drug-likeness (QED) is 0.832. The van der Waals surface area contributed by atoms with Crippen LogP contribution in [0.5, 0.6) is 0 Å². The lowest BCUT2D eigenvalue weighted by atomic mass is 10.1. The largest absolute Gasteiger partial charge is 0.322 e. The first-order chi connectivity index (χ1) is 10.1. The summed E-state index contributed by atoms with van der Waals surface area (Å²) in [6, 6.07) is 11.5. The Bertz CT molecular complexity index is 729. The van der Waals surface area contributed by atoms with Crippen molar-refractivity contribution in [3.63, 3.8) is 0 Å². The minimum absolute atomic E-state index is 0.263. The molecule has 0 saturated carbocycles. The lowest BCUT2D eigenvalue weighted by Gasteiger charge is -2.09. The number of carbonyl (C=O) groups is 1. The molecular weight excluding hydrogens is 267 g/mol. The SMILES string of the molecule is Cc1c(F)cccc1NC(=O)c1cccc(C#CCN)c1. The van der Waals surface area contributed by atoms with Gasteiger partial charge in [-0.05, 0) is 37.3 Å². The average molecular weight is 282 g/mol. The number of nitrogens with two attached hydrogens (primary N) is 1. The Balaban J connectivity index is 2.22. The third-order valence-electron chi connectivity index (χ3n) is 2.98. The number of benzene rings is 2. The molecule has 0 heterocycles. The normalized spacial score (nSPS) is 9.67. The van der Waals surface area contributed by atoms with E-state index in [2.05, 4.69) is 17.2 Å². The summed E-state index contributed by atoms with van der Waals surface area (Å²) >= 11 is 0. The van der Waals surface area contributed by atoms with Crippen molar-refractivity contribution in [3.8, 4) is 11.8 Å². The Morgan fingerprint density at radius 3 is 2.81 bits per heavy atom. The molecule has 0 aliphatic carbocycles. The van der Waals surface area contributed by atoms with Gasteiger partial charge in [-0.25, -0.2) is 4.39 Å². The maximum Gasteiger partial charge on any atom is 0.255 e. The predicted octanol–water partition coefficient (Wildman–Crippen LogP) is 2.70. The van der Waals surface area contributed by atoms with E-state index < -0.39 is 0 Å². The molecular formula is C17H15FN2O. The summed E-state index contributed by atoms with van der Waals surface area (Å²) in [5, 5.41) is 2.70. The van der Waals surface area contributed by atoms with Crippen LogP contribution in [0.2, 0.25) is 0 Å². The van der Waals surface area contributed by atoms with Crippen LogP contribution in [0.15, 0.2) is 42.5 Å². The number of halogens is 1. The predicted molar refractivity (Wildman–Crippen MR) is 81.5 cm³/mol. The van der Waals surface area contributed by atoms with Crippen LogP contribution in [0, 0.1) is 24.6 Å². The van der Waals surface area contributed by atoms with Gasteiger partial charge in [0.25, 0.3) is 5.91 Å². The molecule has 0 spiro atoms. The topological polar surface area (TPSA) is 55.1 Å². The van der Waals surface area contributed by atoms with Crippen molar-refractivity contribution >= 4 is 11.6 Å². The maximum atomic E-state index is 13.5. The number of hydrogen-bond acceptors (Lipinski definition) is 2. The molecule has 0 atom stereocenters. The summed E-state index contributed by atoms with van der Waals surface area (Å²) in [4.78, 5) is 12.2. The molecule has 21 heavy (non-hydrogen) atoms. The van der Waals surface area contributed by atoms with Crippen molar-refractivity contribution in [2.75, 3.05) is 11.9 Å². The molecule has 0 bridgehead atoms. The minimum atomic E-state index is -0.352. The Kier molecular flexibility index (Phi) is 4.70. The van der Waals surface area contributed by atoms with Crippen LogP contribution in [0.1, 0.15) is 21.5 Å². The van der Waals surface area contributed by atoms with Crippen LogP contribution in [0.4, 0.5) is 10.1 Å². The van der Waals surface area contributed by atoms with Gasteiger partial charge < -0.3 is 11.1 Å². The summed E-state index contributed by atoms with van der Waals surface area (Å²) in [5.41, 5.74) is 7.36. The Morgan fingerprint density at radius 2 is 2.05 bits per heavy atom. The lowest BCUT2D eigenvalue weighted by molar-refractivity contribution is 0.102.